The van der Waals surface area contributed by atoms with Crippen LogP contribution in [-0.2, 0) is 24.1 Å². The molecule has 0 atom stereocenters. The van der Waals surface area contributed by atoms with Gasteiger partial charge in [0.15, 0.2) is 0 Å². The number of amides is 2. The van der Waals surface area contributed by atoms with Crippen molar-refractivity contribution < 1.29 is 27.2 Å². The number of hydrogen-bond acceptors (Lipinski definition) is 2. The molecule has 0 aliphatic heterocycles. The predicted octanol–water partition coefficient (Wildman–Crippen LogP) is 7.30. The number of aromatic nitrogens is 1. The van der Waals surface area contributed by atoms with Gasteiger partial charge in [0.25, 0.3) is 5.91 Å². The number of unbranched alkanes of at least 4 members (excludes halogenated alkanes) is 1. The molecule has 220 valence electrons. The van der Waals surface area contributed by atoms with Crippen molar-refractivity contribution in [2.75, 3.05) is 13.1 Å². The largest absolute Gasteiger partial charge is 0.416 e. The fourth-order valence-corrected chi connectivity index (χ4v) is 5.39. The van der Waals surface area contributed by atoms with Gasteiger partial charge in [0.05, 0.1) is 12.1 Å². The molecular formula is C32H37F4N3O2. The van der Waals surface area contributed by atoms with Crippen LogP contribution in [0.5, 0.6) is 0 Å². The second-order valence-corrected chi connectivity index (χ2v) is 10.7. The minimum absolute atomic E-state index is 0.0158. The maximum atomic E-state index is 13.9. The average molecular weight is 572 g/mol. The molecule has 0 saturated heterocycles. The SMILES string of the molecule is CCCCN(CC(=O)N(Cc1cccn1Cc1ccc(F)cc1)C1CCCCC1)C(=O)c1cccc(C(F)(F)F)c1. The van der Waals surface area contributed by atoms with Crippen LogP contribution in [0.3, 0.4) is 0 Å². The summed E-state index contributed by atoms with van der Waals surface area (Å²) >= 11 is 0. The Kier molecular flexibility index (Phi) is 10.2. The Morgan fingerprint density at radius 1 is 0.976 bits per heavy atom. The molecule has 0 N–H and O–H groups in total. The lowest BCUT2D eigenvalue weighted by Gasteiger charge is -2.36. The summed E-state index contributed by atoms with van der Waals surface area (Å²) in [7, 11) is 0. The number of carbonyl (C=O) groups excluding carboxylic acids is 2. The fraction of sp³-hybridized carbons (Fsp3) is 0.438. The second-order valence-electron chi connectivity index (χ2n) is 10.7. The van der Waals surface area contributed by atoms with Gasteiger partial charge in [-0.25, -0.2) is 4.39 Å². The van der Waals surface area contributed by atoms with Crippen LogP contribution in [-0.4, -0.2) is 45.3 Å². The van der Waals surface area contributed by atoms with Gasteiger partial charge in [-0.3, -0.25) is 9.59 Å². The van der Waals surface area contributed by atoms with Crippen LogP contribution in [0.2, 0.25) is 0 Å². The number of benzene rings is 2. The van der Waals surface area contributed by atoms with E-state index >= 15 is 0 Å². The molecule has 1 fully saturated rings. The first-order chi connectivity index (χ1) is 19.7. The van der Waals surface area contributed by atoms with E-state index in [2.05, 4.69) is 0 Å². The van der Waals surface area contributed by atoms with Crippen LogP contribution in [0.15, 0.2) is 66.9 Å². The van der Waals surface area contributed by atoms with Gasteiger partial charge >= 0.3 is 6.18 Å². The molecule has 9 heteroatoms. The molecule has 2 aromatic carbocycles. The minimum atomic E-state index is -4.57. The molecule has 0 unspecified atom stereocenters. The molecule has 1 saturated carbocycles. The molecule has 3 aromatic rings. The summed E-state index contributed by atoms with van der Waals surface area (Å²) in [4.78, 5) is 30.6. The van der Waals surface area contributed by atoms with Crippen LogP contribution in [0.4, 0.5) is 17.6 Å². The van der Waals surface area contributed by atoms with Crippen molar-refractivity contribution in [3.05, 3.63) is 95.1 Å². The summed E-state index contributed by atoms with van der Waals surface area (Å²) in [5.41, 5.74) is 0.867. The molecule has 5 nitrogen and oxygen atoms in total. The average Bonchev–Trinajstić information content (AvgIpc) is 3.41. The van der Waals surface area contributed by atoms with E-state index in [1.54, 1.807) is 12.1 Å². The van der Waals surface area contributed by atoms with Gasteiger partial charge < -0.3 is 14.4 Å². The number of halogens is 4. The molecule has 0 spiro atoms. The molecule has 1 aliphatic rings. The Labute approximate surface area is 238 Å². The smallest absolute Gasteiger partial charge is 0.345 e. The lowest BCUT2D eigenvalue weighted by molar-refractivity contribution is -0.138. The highest BCUT2D eigenvalue weighted by Crippen LogP contribution is 2.30. The van der Waals surface area contributed by atoms with E-state index in [0.29, 0.717) is 19.5 Å². The first kappa shape index (κ1) is 30.3. The maximum absolute atomic E-state index is 13.9. The molecule has 1 heterocycles. The van der Waals surface area contributed by atoms with Crippen molar-refractivity contribution in [1.82, 2.24) is 14.4 Å². The molecule has 1 aliphatic carbocycles. The molecule has 4 rings (SSSR count). The Balaban J connectivity index is 1.56. The number of carbonyl (C=O) groups is 2. The summed E-state index contributed by atoms with van der Waals surface area (Å²) < 4.78 is 55.4. The Morgan fingerprint density at radius 2 is 1.71 bits per heavy atom. The van der Waals surface area contributed by atoms with Gasteiger partial charge in [0, 0.05) is 36.6 Å². The normalized spacial score (nSPS) is 14.2. The molecule has 0 radical (unpaired) electrons. The van der Waals surface area contributed by atoms with Crippen molar-refractivity contribution >= 4 is 11.8 Å². The van der Waals surface area contributed by atoms with E-state index in [-0.39, 0.29) is 36.4 Å². The van der Waals surface area contributed by atoms with E-state index in [0.717, 1.165) is 61.9 Å². The topological polar surface area (TPSA) is 45.6 Å². The Bertz CT molecular complexity index is 1300. The lowest BCUT2D eigenvalue weighted by atomic mass is 9.94. The first-order valence-corrected chi connectivity index (χ1v) is 14.3. The highest BCUT2D eigenvalue weighted by atomic mass is 19.4. The van der Waals surface area contributed by atoms with Gasteiger partial charge in [-0.05, 0) is 67.3 Å². The molecule has 2 amide bonds. The van der Waals surface area contributed by atoms with Gasteiger partial charge in [-0.2, -0.15) is 13.2 Å². The van der Waals surface area contributed by atoms with Gasteiger partial charge in [-0.15, -0.1) is 0 Å². The highest BCUT2D eigenvalue weighted by Gasteiger charge is 2.32. The third-order valence-electron chi connectivity index (χ3n) is 7.69. The van der Waals surface area contributed by atoms with Crippen LogP contribution in [0.25, 0.3) is 0 Å². The monoisotopic (exact) mass is 571 g/mol. The van der Waals surface area contributed by atoms with Gasteiger partial charge in [0.2, 0.25) is 5.91 Å². The summed E-state index contributed by atoms with van der Waals surface area (Å²) in [6, 6.07) is 14.6. The molecule has 0 bridgehead atoms. The minimum Gasteiger partial charge on any atom is -0.345 e. The van der Waals surface area contributed by atoms with Crippen molar-refractivity contribution in [3.8, 4) is 0 Å². The third-order valence-corrected chi connectivity index (χ3v) is 7.69. The van der Waals surface area contributed by atoms with Crippen LogP contribution < -0.4 is 0 Å². The van der Waals surface area contributed by atoms with Crippen LogP contribution >= 0.6 is 0 Å². The second kappa shape index (κ2) is 13.8. The Morgan fingerprint density at radius 3 is 2.39 bits per heavy atom. The van der Waals surface area contributed by atoms with E-state index in [4.69, 9.17) is 0 Å². The molecule has 1 aromatic heterocycles. The van der Waals surface area contributed by atoms with Crippen molar-refractivity contribution in [2.24, 2.45) is 0 Å². The third kappa shape index (κ3) is 8.21. The quantitative estimate of drug-likeness (QED) is 0.227. The maximum Gasteiger partial charge on any atom is 0.416 e. The summed E-state index contributed by atoms with van der Waals surface area (Å²) in [6.45, 7) is 2.89. The highest BCUT2D eigenvalue weighted by molar-refractivity contribution is 5.96. The molecular weight excluding hydrogens is 534 g/mol. The van der Waals surface area contributed by atoms with Crippen molar-refractivity contribution in [1.29, 1.82) is 0 Å². The summed E-state index contributed by atoms with van der Waals surface area (Å²) in [5, 5.41) is 0. The van der Waals surface area contributed by atoms with E-state index in [1.807, 2.05) is 34.7 Å². The fourth-order valence-electron chi connectivity index (χ4n) is 5.39. The zero-order chi connectivity index (χ0) is 29.4. The van der Waals surface area contributed by atoms with E-state index in [1.165, 1.54) is 29.2 Å². The summed E-state index contributed by atoms with van der Waals surface area (Å²) in [5.74, 6) is -1.10. The summed E-state index contributed by atoms with van der Waals surface area (Å²) in [6.07, 6.45) is 3.60. The number of alkyl halides is 3. The van der Waals surface area contributed by atoms with Crippen molar-refractivity contribution in [2.45, 2.75) is 77.2 Å². The predicted molar refractivity (Wildman–Crippen MR) is 150 cm³/mol. The standard InChI is InChI=1S/C32H37F4N3O2/c1-2-3-18-38(31(41)25-9-7-10-26(20-25)32(34,35)36)23-30(40)39(28-11-5-4-6-12-28)22-29-13-8-19-37(29)21-24-14-16-27(33)17-15-24/h7-10,13-17,19-20,28H,2-6,11-12,18,21-23H2,1H3. The van der Waals surface area contributed by atoms with Gasteiger partial charge in [0.1, 0.15) is 12.4 Å². The lowest BCUT2D eigenvalue weighted by Crippen LogP contribution is -2.47. The van der Waals surface area contributed by atoms with E-state index < -0.39 is 17.6 Å². The molecule has 41 heavy (non-hydrogen) atoms. The van der Waals surface area contributed by atoms with Crippen LogP contribution in [0.1, 0.15) is 79.0 Å². The first-order valence-electron chi connectivity index (χ1n) is 14.3. The van der Waals surface area contributed by atoms with Gasteiger partial charge in [-0.1, -0.05) is 50.8 Å². The number of rotatable bonds is 11. The Hall–Kier alpha value is -3.62. The number of hydrogen-bond donors (Lipinski definition) is 0. The van der Waals surface area contributed by atoms with Crippen LogP contribution in [0, 0.1) is 5.82 Å². The zero-order valence-electron chi connectivity index (χ0n) is 23.4. The van der Waals surface area contributed by atoms with E-state index in [9.17, 15) is 27.2 Å². The zero-order valence-corrected chi connectivity index (χ0v) is 23.4. The number of nitrogens with zero attached hydrogens (tertiary/aromatic N) is 3. The van der Waals surface area contributed by atoms with Crippen molar-refractivity contribution in [3.63, 3.8) is 0 Å².